The van der Waals surface area contributed by atoms with Crippen LogP contribution in [-0.4, -0.2) is 51.9 Å². The van der Waals surface area contributed by atoms with Crippen LogP contribution in [0.15, 0.2) is 36.7 Å². The van der Waals surface area contributed by atoms with Gasteiger partial charge >= 0.3 is 0 Å². The van der Waals surface area contributed by atoms with Gasteiger partial charge < -0.3 is 20.5 Å². The van der Waals surface area contributed by atoms with Crippen molar-refractivity contribution in [3.8, 4) is 17.1 Å². The van der Waals surface area contributed by atoms with E-state index in [0.717, 1.165) is 11.4 Å². The highest BCUT2D eigenvalue weighted by atomic mass is 19.1. The van der Waals surface area contributed by atoms with E-state index in [-0.39, 0.29) is 6.04 Å². The van der Waals surface area contributed by atoms with Crippen LogP contribution < -0.4 is 15.4 Å². The Morgan fingerprint density at radius 3 is 2.90 bits per heavy atom. The van der Waals surface area contributed by atoms with Crippen molar-refractivity contribution in [1.82, 2.24) is 19.7 Å². The molecule has 1 saturated heterocycles. The topological polar surface area (TPSA) is 83.7 Å². The van der Waals surface area contributed by atoms with Crippen LogP contribution in [0, 0.1) is 0 Å². The molecule has 154 valence electrons. The Hall–Kier alpha value is -2.71. The highest BCUT2D eigenvalue weighted by Crippen LogP contribution is 2.32. The molecule has 8 heteroatoms. The minimum absolute atomic E-state index is 0.00487. The van der Waals surface area contributed by atoms with Gasteiger partial charge in [-0.2, -0.15) is 0 Å². The summed E-state index contributed by atoms with van der Waals surface area (Å²) in [4.78, 5) is 9.17. The lowest BCUT2D eigenvalue weighted by molar-refractivity contribution is 0.0752. The summed E-state index contributed by atoms with van der Waals surface area (Å²) in [5.41, 5.74) is 1.80. The smallest absolute Gasteiger partial charge is 0.140 e. The number of anilines is 1. The molecular weight excluding hydrogens is 373 g/mol. The number of aromatic nitrogens is 3. The molecule has 3 aromatic heterocycles. The minimum Gasteiger partial charge on any atom is -0.496 e. The SMILES string of the molecule is COc1cc2ncc(-c3cccc(N[C@H]4CNC[C@@H](F)C4)n3)n2cc1C(C)(C)O. The fourth-order valence-electron chi connectivity index (χ4n) is 3.69. The molecule has 7 nitrogen and oxygen atoms in total. The number of piperidine rings is 1. The summed E-state index contributed by atoms with van der Waals surface area (Å²) in [5.74, 6) is 1.27. The third-order valence-corrected chi connectivity index (χ3v) is 5.15. The number of imidazole rings is 1. The van der Waals surface area contributed by atoms with Gasteiger partial charge in [-0.3, -0.25) is 4.40 Å². The van der Waals surface area contributed by atoms with E-state index >= 15 is 0 Å². The number of rotatable bonds is 5. The van der Waals surface area contributed by atoms with Gasteiger partial charge in [0.25, 0.3) is 0 Å². The fourth-order valence-corrected chi connectivity index (χ4v) is 3.69. The molecule has 1 fully saturated rings. The van der Waals surface area contributed by atoms with E-state index in [0.29, 0.717) is 42.3 Å². The molecule has 0 radical (unpaired) electrons. The van der Waals surface area contributed by atoms with Gasteiger partial charge in [0.05, 0.1) is 30.3 Å². The first-order valence-electron chi connectivity index (χ1n) is 9.72. The maximum atomic E-state index is 13.6. The standard InChI is InChI=1S/C21H26FN5O2/c1-21(2,28)15-12-27-17(11-24-20(27)8-18(15)29-3)16-5-4-6-19(26-16)25-14-7-13(22)9-23-10-14/h4-6,8,11-14,23,28H,7,9-10H2,1-3H3,(H,25,26)/t13-,14+/m0/s1. The van der Waals surface area contributed by atoms with Gasteiger partial charge in [-0.15, -0.1) is 0 Å². The zero-order valence-electron chi connectivity index (χ0n) is 16.8. The predicted octanol–water partition coefficient (Wildman–Crippen LogP) is 2.74. The summed E-state index contributed by atoms with van der Waals surface area (Å²) in [5, 5.41) is 16.9. The van der Waals surface area contributed by atoms with Crippen LogP contribution >= 0.6 is 0 Å². The van der Waals surface area contributed by atoms with E-state index in [1.807, 2.05) is 28.8 Å². The maximum absolute atomic E-state index is 13.6. The molecule has 0 aromatic carbocycles. The van der Waals surface area contributed by atoms with E-state index in [2.05, 4.69) is 15.6 Å². The Bertz CT molecular complexity index is 1010. The molecule has 3 aromatic rings. The third-order valence-electron chi connectivity index (χ3n) is 5.15. The molecule has 1 aliphatic heterocycles. The monoisotopic (exact) mass is 399 g/mol. The summed E-state index contributed by atoms with van der Waals surface area (Å²) in [6, 6.07) is 7.48. The lowest BCUT2D eigenvalue weighted by Crippen LogP contribution is -2.44. The summed E-state index contributed by atoms with van der Waals surface area (Å²) >= 11 is 0. The molecule has 2 atom stereocenters. The van der Waals surface area contributed by atoms with Gasteiger partial charge in [0, 0.05) is 43.4 Å². The number of nitrogens with one attached hydrogen (secondary N) is 2. The number of hydrogen-bond donors (Lipinski definition) is 3. The summed E-state index contributed by atoms with van der Waals surface area (Å²) < 4.78 is 21.0. The van der Waals surface area contributed by atoms with Crippen LogP contribution in [0.2, 0.25) is 0 Å². The number of ether oxygens (including phenoxy) is 1. The highest BCUT2D eigenvalue weighted by Gasteiger charge is 2.24. The molecule has 0 amide bonds. The molecule has 0 bridgehead atoms. The summed E-state index contributed by atoms with van der Waals surface area (Å²) in [6.45, 7) is 4.54. The van der Waals surface area contributed by atoms with Crippen molar-refractivity contribution in [2.24, 2.45) is 0 Å². The van der Waals surface area contributed by atoms with Crippen LogP contribution in [0.1, 0.15) is 25.8 Å². The fraction of sp³-hybridized carbons (Fsp3) is 0.429. The van der Waals surface area contributed by atoms with Crippen LogP contribution in [0.3, 0.4) is 0 Å². The number of fused-ring (bicyclic) bond motifs is 1. The Kier molecular flexibility index (Phi) is 5.14. The number of hydrogen-bond acceptors (Lipinski definition) is 6. The van der Waals surface area contributed by atoms with Crippen LogP contribution in [0.5, 0.6) is 5.75 Å². The van der Waals surface area contributed by atoms with Gasteiger partial charge in [0.2, 0.25) is 0 Å². The zero-order chi connectivity index (χ0) is 20.6. The average molecular weight is 399 g/mol. The van der Waals surface area contributed by atoms with Crippen molar-refractivity contribution in [2.75, 3.05) is 25.5 Å². The molecule has 0 spiro atoms. The Labute approximate surface area is 168 Å². The second kappa shape index (κ2) is 7.61. The molecule has 4 rings (SSSR count). The Morgan fingerprint density at radius 1 is 1.34 bits per heavy atom. The zero-order valence-corrected chi connectivity index (χ0v) is 16.8. The van der Waals surface area contributed by atoms with Crippen LogP contribution in [0.25, 0.3) is 17.0 Å². The van der Waals surface area contributed by atoms with Crippen molar-refractivity contribution >= 4 is 11.5 Å². The van der Waals surface area contributed by atoms with Crippen LogP contribution in [0.4, 0.5) is 10.2 Å². The van der Waals surface area contributed by atoms with Crippen molar-refractivity contribution in [1.29, 1.82) is 0 Å². The van der Waals surface area contributed by atoms with Crippen molar-refractivity contribution in [3.63, 3.8) is 0 Å². The third kappa shape index (κ3) is 4.04. The summed E-state index contributed by atoms with van der Waals surface area (Å²) in [7, 11) is 1.57. The largest absolute Gasteiger partial charge is 0.496 e. The van der Waals surface area contributed by atoms with Gasteiger partial charge in [-0.1, -0.05) is 6.07 Å². The number of methoxy groups -OCH3 is 1. The molecule has 4 heterocycles. The van der Waals surface area contributed by atoms with Crippen molar-refractivity contribution in [2.45, 2.75) is 38.1 Å². The first kappa shape index (κ1) is 19.6. The van der Waals surface area contributed by atoms with Crippen LogP contribution in [-0.2, 0) is 5.60 Å². The second-order valence-corrected chi connectivity index (χ2v) is 7.93. The van der Waals surface area contributed by atoms with Crippen molar-refractivity contribution in [3.05, 3.63) is 42.2 Å². The second-order valence-electron chi connectivity index (χ2n) is 7.93. The maximum Gasteiger partial charge on any atom is 0.140 e. The van der Waals surface area contributed by atoms with Crippen molar-refractivity contribution < 1.29 is 14.2 Å². The van der Waals surface area contributed by atoms with E-state index in [9.17, 15) is 9.50 Å². The predicted molar refractivity (Wildman–Crippen MR) is 110 cm³/mol. The first-order valence-corrected chi connectivity index (χ1v) is 9.72. The molecule has 0 unspecified atom stereocenters. The molecule has 0 saturated carbocycles. The number of alkyl halides is 1. The van der Waals surface area contributed by atoms with Gasteiger partial charge in [0.1, 0.15) is 23.4 Å². The quantitative estimate of drug-likeness (QED) is 0.612. The number of nitrogens with zero attached hydrogens (tertiary/aromatic N) is 3. The Morgan fingerprint density at radius 2 is 2.17 bits per heavy atom. The molecule has 29 heavy (non-hydrogen) atoms. The van der Waals surface area contributed by atoms with E-state index < -0.39 is 11.8 Å². The molecule has 3 N–H and O–H groups in total. The number of pyridine rings is 2. The Balaban J connectivity index is 1.69. The highest BCUT2D eigenvalue weighted by molar-refractivity contribution is 5.64. The molecular formula is C21H26FN5O2. The number of halogens is 1. The normalized spacial score (nSPS) is 20.0. The summed E-state index contributed by atoms with van der Waals surface area (Å²) in [6.07, 6.45) is 3.19. The van der Waals surface area contributed by atoms with Gasteiger partial charge in [-0.05, 0) is 26.0 Å². The van der Waals surface area contributed by atoms with E-state index in [1.165, 1.54) is 0 Å². The van der Waals surface area contributed by atoms with E-state index in [1.54, 1.807) is 33.2 Å². The number of aliphatic hydroxyl groups is 1. The lowest BCUT2D eigenvalue weighted by Gasteiger charge is -2.26. The average Bonchev–Trinajstić information content (AvgIpc) is 3.09. The first-order chi connectivity index (χ1) is 13.8. The van der Waals surface area contributed by atoms with Gasteiger partial charge in [0.15, 0.2) is 0 Å². The molecule has 0 aliphatic carbocycles. The lowest BCUT2D eigenvalue weighted by atomic mass is 9.99. The minimum atomic E-state index is -1.07. The van der Waals surface area contributed by atoms with Gasteiger partial charge in [-0.25, -0.2) is 14.4 Å². The molecule has 1 aliphatic rings. The van der Waals surface area contributed by atoms with E-state index in [4.69, 9.17) is 9.72 Å².